The van der Waals surface area contributed by atoms with E-state index in [1.54, 1.807) is 0 Å². The summed E-state index contributed by atoms with van der Waals surface area (Å²) in [5, 5.41) is 73.0. The number of phenols is 4. The summed E-state index contributed by atoms with van der Waals surface area (Å²) < 4.78 is 0. The largest absolute Gasteiger partial charge is 0.508 e. The summed E-state index contributed by atoms with van der Waals surface area (Å²) in [4.78, 5) is 82.3. The molecule has 296 valence electrons. The van der Waals surface area contributed by atoms with Crippen LogP contribution in [0.4, 0.5) is 0 Å². The maximum Gasteiger partial charge on any atom is 0.335 e. The Morgan fingerprint density at radius 1 is 0.339 bits per heavy atom. The van der Waals surface area contributed by atoms with Crippen molar-refractivity contribution in [3.05, 3.63) is 119 Å². The zero-order chi connectivity index (χ0) is 42.2. The molecule has 18 nitrogen and oxygen atoms in total. The van der Waals surface area contributed by atoms with Crippen LogP contribution in [0, 0.1) is 0 Å². The Morgan fingerprint density at radius 3 is 0.607 bits per heavy atom. The quantitative estimate of drug-likeness (QED) is 0.131. The zero-order valence-electron chi connectivity index (χ0n) is 29.3. The van der Waals surface area contributed by atoms with E-state index in [1.807, 2.05) is 0 Å². The summed E-state index contributed by atoms with van der Waals surface area (Å²) in [6, 6.07) is 21.5. The molecule has 0 aliphatic carbocycles. The van der Waals surface area contributed by atoms with E-state index in [9.17, 15) is 38.4 Å². The Labute approximate surface area is 317 Å². The number of carbonyl (C=O) groups excluding carboxylic acids is 4. The number of phenolic OH excluding ortho intramolecular Hbond substituents is 4. The standard InChI is InChI=1S/4C7H6O3.2C5H7NO2/c4*8-6-3-1-5(2-4-6)7(9)10;2*7-4-2-1-3-5(8)6-4/h4*1-4,8H,(H,9,10);2*1-3H2,(H,6,7,8). The summed E-state index contributed by atoms with van der Waals surface area (Å²) >= 11 is 0. The number of hydrogen-bond acceptors (Lipinski definition) is 12. The number of nitrogens with one attached hydrogen (secondary N) is 2. The molecule has 4 aromatic carbocycles. The molecule has 2 saturated heterocycles. The molecule has 6 rings (SSSR count). The van der Waals surface area contributed by atoms with Gasteiger partial charge in [-0.1, -0.05) is 0 Å². The second kappa shape index (κ2) is 24.5. The van der Waals surface area contributed by atoms with Gasteiger partial charge in [0.05, 0.1) is 22.3 Å². The van der Waals surface area contributed by atoms with Gasteiger partial charge >= 0.3 is 23.9 Å². The molecule has 4 amide bonds. The number of carbonyl (C=O) groups is 8. The highest BCUT2D eigenvalue weighted by Crippen LogP contribution is 2.11. The van der Waals surface area contributed by atoms with Gasteiger partial charge in [-0.3, -0.25) is 29.8 Å². The highest BCUT2D eigenvalue weighted by molar-refractivity contribution is 5.98. The average Bonchev–Trinajstić information content (AvgIpc) is 3.13. The van der Waals surface area contributed by atoms with Gasteiger partial charge in [0.15, 0.2) is 0 Å². The third kappa shape index (κ3) is 20.3. The molecule has 0 saturated carbocycles. The number of carboxylic acid groups (broad SMARTS) is 4. The van der Waals surface area contributed by atoms with Crippen LogP contribution in [0.5, 0.6) is 23.0 Å². The summed E-state index contributed by atoms with van der Waals surface area (Å²) in [6.07, 6.45) is 3.45. The molecule has 2 fully saturated rings. The van der Waals surface area contributed by atoms with Crippen LogP contribution in [-0.4, -0.2) is 88.4 Å². The summed E-state index contributed by atoms with van der Waals surface area (Å²) in [5.74, 6) is -4.20. The van der Waals surface area contributed by atoms with E-state index < -0.39 is 23.9 Å². The van der Waals surface area contributed by atoms with E-state index in [-0.39, 0.29) is 68.9 Å². The van der Waals surface area contributed by atoms with Crippen LogP contribution in [0.25, 0.3) is 0 Å². The fourth-order valence-electron chi connectivity index (χ4n) is 3.80. The van der Waals surface area contributed by atoms with Crippen LogP contribution in [0.2, 0.25) is 0 Å². The Kier molecular flexibility index (Phi) is 20.2. The van der Waals surface area contributed by atoms with E-state index in [1.165, 1.54) is 97.1 Å². The van der Waals surface area contributed by atoms with Gasteiger partial charge in [0.1, 0.15) is 23.0 Å². The van der Waals surface area contributed by atoms with E-state index in [4.69, 9.17) is 40.9 Å². The first kappa shape index (κ1) is 46.3. The lowest BCUT2D eigenvalue weighted by Gasteiger charge is -2.07. The van der Waals surface area contributed by atoms with Crippen LogP contribution in [0.15, 0.2) is 97.1 Å². The number of aromatic hydroxyl groups is 4. The van der Waals surface area contributed by atoms with Crippen molar-refractivity contribution in [1.82, 2.24) is 10.6 Å². The van der Waals surface area contributed by atoms with Gasteiger partial charge < -0.3 is 40.9 Å². The topological polar surface area (TPSA) is 322 Å². The fraction of sp³-hybridized carbons (Fsp3) is 0.158. The summed E-state index contributed by atoms with van der Waals surface area (Å²) in [5.41, 5.74) is 0.714. The molecule has 0 atom stereocenters. The minimum Gasteiger partial charge on any atom is -0.508 e. The second-order valence-electron chi connectivity index (χ2n) is 11.1. The van der Waals surface area contributed by atoms with Crippen molar-refractivity contribution in [3.8, 4) is 23.0 Å². The van der Waals surface area contributed by atoms with Crippen LogP contribution < -0.4 is 10.6 Å². The van der Waals surface area contributed by atoms with Crippen molar-refractivity contribution < 1.29 is 79.2 Å². The van der Waals surface area contributed by atoms with Crippen molar-refractivity contribution in [2.24, 2.45) is 0 Å². The molecule has 0 spiro atoms. The van der Waals surface area contributed by atoms with Crippen molar-refractivity contribution >= 4 is 47.5 Å². The average molecular weight is 779 g/mol. The Bertz CT molecular complexity index is 1660. The molecule has 0 radical (unpaired) electrons. The van der Waals surface area contributed by atoms with E-state index in [0.717, 1.165) is 0 Å². The number of carboxylic acids is 4. The van der Waals surface area contributed by atoms with Gasteiger partial charge in [-0.2, -0.15) is 0 Å². The van der Waals surface area contributed by atoms with Crippen LogP contribution in [-0.2, 0) is 19.2 Å². The third-order valence-electron chi connectivity index (χ3n) is 6.63. The summed E-state index contributed by atoms with van der Waals surface area (Å²) in [6.45, 7) is 0. The van der Waals surface area contributed by atoms with E-state index in [2.05, 4.69) is 10.6 Å². The minimum atomic E-state index is -0.986. The molecule has 0 bridgehead atoms. The second-order valence-corrected chi connectivity index (χ2v) is 11.1. The van der Waals surface area contributed by atoms with Gasteiger partial charge in [-0.05, 0) is 110 Å². The van der Waals surface area contributed by atoms with Gasteiger partial charge in [0, 0.05) is 25.7 Å². The molecular weight excluding hydrogens is 740 g/mol. The first-order valence-corrected chi connectivity index (χ1v) is 16.1. The minimum absolute atomic E-state index is 0.0741. The monoisotopic (exact) mass is 778 g/mol. The first-order valence-electron chi connectivity index (χ1n) is 16.1. The zero-order valence-corrected chi connectivity index (χ0v) is 29.3. The molecule has 2 heterocycles. The van der Waals surface area contributed by atoms with Gasteiger partial charge in [0.2, 0.25) is 23.6 Å². The van der Waals surface area contributed by atoms with Crippen molar-refractivity contribution in [3.63, 3.8) is 0 Å². The van der Waals surface area contributed by atoms with Crippen molar-refractivity contribution in [1.29, 1.82) is 0 Å². The Morgan fingerprint density at radius 2 is 0.500 bits per heavy atom. The molecule has 0 aromatic heterocycles. The molecule has 2 aliphatic rings. The van der Waals surface area contributed by atoms with Crippen LogP contribution in [0.3, 0.4) is 0 Å². The van der Waals surface area contributed by atoms with E-state index >= 15 is 0 Å². The van der Waals surface area contributed by atoms with Crippen molar-refractivity contribution in [2.75, 3.05) is 0 Å². The molecule has 56 heavy (non-hydrogen) atoms. The summed E-state index contributed by atoms with van der Waals surface area (Å²) in [7, 11) is 0. The van der Waals surface area contributed by atoms with Gasteiger partial charge in [-0.25, -0.2) is 19.2 Å². The lowest BCUT2D eigenvalue weighted by Crippen LogP contribution is -2.33. The number of benzene rings is 4. The van der Waals surface area contributed by atoms with Crippen LogP contribution in [0.1, 0.15) is 80.0 Å². The Balaban J connectivity index is 0.000000337. The number of aromatic carboxylic acids is 4. The smallest absolute Gasteiger partial charge is 0.335 e. The predicted octanol–water partition coefficient (Wildman–Crippen LogP) is 3.99. The molecular formula is C38H38N2O16. The van der Waals surface area contributed by atoms with Crippen molar-refractivity contribution in [2.45, 2.75) is 38.5 Å². The molecule has 2 aliphatic heterocycles. The van der Waals surface area contributed by atoms with Crippen LogP contribution >= 0.6 is 0 Å². The Hall–Kier alpha value is -7.76. The number of imide groups is 2. The fourth-order valence-corrected chi connectivity index (χ4v) is 3.80. The normalized spacial score (nSPS) is 12.4. The highest BCUT2D eigenvalue weighted by atomic mass is 16.4. The van der Waals surface area contributed by atoms with Gasteiger partial charge in [0.25, 0.3) is 0 Å². The maximum absolute atomic E-state index is 10.3. The first-order chi connectivity index (χ1) is 26.4. The number of piperidine rings is 2. The van der Waals surface area contributed by atoms with Gasteiger partial charge in [-0.15, -0.1) is 0 Å². The molecule has 10 N–H and O–H groups in total. The number of rotatable bonds is 4. The van der Waals surface area contributed by atoms with E-state index in [0.29, 0.717) is 38.5 Å². The molecule has 0 unspecified atom stereocenters. The molecule has 18 heteroatoms. The maximum atomic E-state index is 10.3. The lowest BCUT2D eigenvalue weighted by atomic mass is 10.1. The predicted molar refractivity (Wildman–Crippen MR) is 194 cm³/mol. The number of hydrogen-bond donors (Lipinski definition) is 10. The highest BCUT2D eigenvalue weighted by Gasteiger charge is 2.14. The lowest BCUT2D eigenvalue weighted by molar-refractivity contribution is -0.134. The molecule has 4 aromatic rings. The SMILES string of the molecule is O=C(O)c1ccc(O)cc1.O=C(O)c1ccc(O)cc1.O=C(O)c1ccc(O)cc1.O=C(O)c1ccc(O)cc1.O=C1CCCC(=O)N1.O=C1CCCC(=O)N1. The third-order valence-corrected chi connectivity index (χ3v) is 6.63. The number of amides is 4.